The summed E-state index contributed by atoms with van der Waals surface area (Å²) in [6, 6.07) is 9.33. The summed E-state index contributed by atoms with van der Waals surface area (Å²) < 4.78 is 5.22. The van der Waals surface area contributed by atoms with Crippen molar-refractivity contribution in [3.8, 4) is 0 Å². The Morgan fingerprint density at radius 3 is 2.57 bits per heavy atom. The zero-order chi connectivity index (χ0) is 15.2. The number of ether oxygens (including phenoxy) is 1. The summed E-state index contributed by atoms with van der Waals surface area (Å²) in [4.78, 5) is 23.7. The smallest absolute Gasteiger partial charge is 0.303 e. The molecular formula is C17H23NO3. The molecule has 0 saturated heterocycles. The molecule has 0 aromatic heterocycles. The van der Waals surface area contributed by atoms with Crippen LogP contribution >= 0.6 is 0 Å². The van der Waals surface area contributed by atoms with E-state index in [0.717, 1.165) is 19.3 Å². The number of amides is 1. The predicted molar refractivity (Wildman–Crippen MR) is 80.5 cm³/mol. The van der Waals surface area contributed by atoms with Gasteiger partial charge in [0.15, 0.2) is 0 Å². The molecule has 3 atom stereocenters. The van der Waals surface area contributed by atoms with E-state index in [-0.39, 0.29) is 11.9 Å². The highest BCUT2D eigenvalue weighted by Crippen LogP contribution is 2.25. The molecular weight excluding hydrogens is 266 g/mol. The molecule has 0 heterocycles. The Hall–Kier alpha value is -1.84. The van der Waals surface area contributed by atoms with Gasteiger partial charge in [-0.25, -0.2) is 0 Å². The molecule has 4 nitrogen and oxygen atoms in total. The van der Waals surface area contributed by atoms with Crippen molar-refractivity contribution in [3.63, 3.8) is 0 Å². The molecule has 1 amide bonds. The molecule has 0 radical (unpaired) electrons. The largest absolute Gasteiger partial charge is 0.447 e. The fourth-order valence-electron chi connectivity index (χ4n) is 2.91. The van der Waals surface area contributed by atoms with Gasteiger partial charge in [0.2, 0.25) is 6.10 Å². The molecule has 1 saturated carbocycles. The summed E-state index contributed by atoms with van der Waals surface area (Å²) in [6.07, 6.45) is 3.49. The van der Waals surface area contributed by atoms with Crippen LogP contribution in [0, 0.1) is 5.92 Å². The standard InChI is InChI=1S/C17H23NO3/c1-12-7-6-10-15(11-12)18-17(20)16(21-13(2)19)14-8-4-3-5-9-14/h3-5,8-9,12,15-16H,6-7,10-11H2,1-2H3,(H,18,20)/t12-,15-,16-/m0/s1. The second-order valence-electron chi connectivity index (χ2n) is 5.88. The van der Waals surface area contributed by atoms with Crippen LogP contribution in [0.4, 0.5) is 0 Å². The number of nitrogens with one attached hydrogen (secondary N) is 1. The van der Waals surface area contributed by atoms with E-state index in [1.807, 2.05) is 18.2 Å². The van der Waals surface area contributed by atoms with Crippen LogP contribution in [0.2, 0.25) is 0 Å². The molecule has 2 rings (SSSR count). The zero-order valence-electron chi connectivity index (χ0n) is 12.7. The Labute approximate surface area is 125 Å². The lowest BCUT2D eigenvalue weighted by molar-refractivity contribution is -0.154. The number of carbonyl (C=O) groups is 2. The van der Waals surface area contributed by atoms with Gasteiger partial charge >= 0.3 is 5.97 Å². The molecule has 0 spiro atoms. The number of esters is 1. The SMILES string of the molecule is CC(=O)O[C@H](C(=O)N[C@H]1CCC[C@H](C)C1)c1ccccc1. The topological polar surface area (TPSA) is 55.4 Å². The maximum Gasteiger partial charge on any atom is 0.303 e. The number of hydrogen-bond donors (Lipinski definition) is 1. The molecule has 1 N–H and O–H groups in total. The van der Waals surface area contributed by atoms with Crippen LogP contribution < -0.4 is 5.32 Å². The van der Waals surface area contributed by atoms with E-state index in [2.05, 4.69) is 12.2 Å². The number of benzene rings is 1. The van der Waals surface area contributed by atoms with Crippen molar-refractivity contribution in [2.24, 2.45) is 5.92 Å². The Bertz CT molecular complexity index is 486. The van der Waals surface area contributed by atoms with Crippen LogP contribution in [0.3, 0.4) is 0 Å². The Kier molecular flexibility index (Phi) is 5.37. The molecule has 0 aliphatic heterocycles. The molecule has 0 unspecified atom stereocenters. The van der Waals surface area contributed by atoms with Crippen LogP contribution in [0.25, 0.3) is 0 Å². The quantitative estimate of drug-likeness (QED) is 0.867. The summed E-state index contributed by atoms with van der Waals surface area (Å²) in [5.74, 6) is -0.0422. The number of rotatable bonds is 4. The minimum atomic E-state index is -0.860. The first-order valence-electron chi connectivity index (χ1n) is 7.59. The van der Waals surface area contributed by atoms with Gasteiger partial charge in [-0.1, -0.05) is 50.1 Å². The molecule has 0 bridgehead atoms. The second-order valence-corrected chi connectivity index (χ2v) is 5.88. The highest BCUT2D eigenvalue weighted by molar-refractivity contribution is 5.84. The molecule has 21 heavy (non-hydrogen) atoms. The van der Waals surface area contributed by atoms with Crippen molar-refractivity contribution in [3.05, 3.63) is 35.9 Å². The maximum atomic E-state index is 12.5. The van der Waals surface area contributed by atoms with Crippen LogP contribution in [0.15, 0.2) is 30.3 Å². The predicted octanol–water partition coefficient (Wildman–Crippen LogP) is 2.99. The van der Waals surface area contributed by atoms with E-state index >= 15 is 0 Å². The average Bonchev–Trinajstić information content (AvgIpc) is 2.45. The van der Waals surface area contributed by atoms with Gasteiger partial charge < -0.3 is 10.1 Å². The van der Waals surface area contributed by atoms with Crippen LogP contribution in [0.1, 0.15) is 51.2 Å². The molecule has 1 aromatic carbocycles. The van der Waals surface area contributed by atoms with Crippen molar-refractivity contribution < 1.29 is 14.3 Å². The Balaban J connectivity index is 2.05. The van der Waals surface area contributed by atoms with Crippen molar-refractivity contribution in [1.29, 1.82) is 0 Å². The summed E-state index contributed by atoms with van der Waals surface area (Å²) >= 11 is 0. The van der Waals surface area contributed by atoms with E-state index in [1.165, 1.54) is 13.3 Å². The van der Waals surface area contributed by atoms with E-state index in [0.29, 0.717) is 11.5 Å². The van der Waals surface area contributed by atoms with Gasteiger partial charge in [0.05, 0.1) is 0 Å². The lowest BCUT2D eigenvalue weighted by Gasteiger charge is -2.29. The summed E-state index contributed by atoms with van der Waals surface area (Å²) in [7, 11) is 0. The summed E-state index contributed by atoms with van der Waals surface area (Å²) in [5.41, 5.74) is 0.703. The van der Waals surface area contributed by atoms with Gasteiger partial charge in [-0.15, -0.1) is 0 Å². The third-order valence-electron chi connectivity index (χ3n) is 3.91. The maximum absolute atomic E-state index is 12.5. The first kappa shape index (κ1) is 15.5. The molecule has 1 aliphatic rings. The Morgan fingerprint density at radius 1 is 1.24 bits per heavy atom. The highest BCUT2D eigenvalue weighted by Gasteiger charge is 2.27. The van der Waals surface area contributed by atoms with Gasteiger partial charge in [-0.3, -0.25) is 9.59 Å². The van der Waals surface area contributed by atoms with Crippen molar-refractivity contribution in [2.75, 3.05) is 0 Å². The average molecular weight is 289 g/mol. The fourth-order valence-corrected chi connectivity index (χ4v) is 2.91. The molecule has 1 aromatic rings. The Morgan fingerprint density at radius 2 is 1.95 bits per heavy atom. The molecule has 1 fully saturated rings. The fraction of sp³-hybridized carbons (Fsp3) is 0.529. The van der Waals surface area contributed by atoms with Gasteiger partial charge in [-0.05, 0) is 18.8 Å². The normalized spacial score (nSPS) is 23.1. The van der Waals surface area contributed by atoms with Gasteiger partial charge in [0.1, 0.15) is 0 Å². The molecule has 1 aliphatic carbocycles. The van der Waals surface area contributed by atoms with E-state index in [9.17, 15) is 9.59 Å². The number of hydrogen-bond acceptors (Lipinski definition) is 3. The lowest BCUT2D eigenvalue weighted by atomic mass is 9.87. The number of carbonyl (C=O) groups excluding carboxylic acids is 2. The van der Waals surface area contributed by atoms with Gasteiger partial charge in [-0.2, -0.15) is 0 Å². The zero-order valence-corrected chi connectivity index (χ0v) is 12.7. The van der Waals surface area contributed by atoms with Crippen LogP contribution in [0.5, 0.6) is 0 Å². The lowest BCUT2D eigenvalue weighted by Crippen LogP contribution is -2.41. The minimum Gasteiger partial charge on any atom is -0.447 e. The van der Waals surface area contributed by atoms with E-state index in [4.69, 9.17) is 4.74 Å². The van der Waals surface area contributed by atoms with E-state index < -0.39 is 12.1 Å². The first-order chi connectivity index (χ1) is 10.1. The van der Waals surface area contributed by atoms with Crippen molar-refractivity contribution in [2.45, 2.75) is 51.7 Å². The van der Waals surface area contributed by atoms with E-state index in [1.54, 1.807) is 12.1 Å². The van der Waals surface area contributed by atoms with Crippen LogP contribution in [-0.2, 0) is 14.3 Å². The van der Waals surface area contributed by atoms with Crippen molar-refractivity contribution >= 4 is 11.9 Å². The first-order valence-corrected chi connectivity index (χ1v) is 7.59. The monoisotopic (exact) mass is 289 g/mol. The third-order valence-corrected chi connectivity index (χ3v) is 3.91. The second kappa shape index (κ2) is 7.25. The van der Waals surface area contributed by atoms with Crippen LogP contribution in [-0.4, -0.2) is 17.9 Å². The van der Waals surface area contributed by atoms with Gasteiger partial charge in [0.25, 0.3) is 5.91 Å². The van der Waals surface area contributed by atoms with Crippen molar-refractivity contribution in [1.82, 2.24) is 5.32 Å². The summed E-state index contributed by atoms with van der Waals surface area (Å²) in [6.45, 7) is 3.53. The third kappa shape index (κ3) is 4.59. The molecule has 4 heteroatoms. The van der Waals surface area contributed by atoms with Gasteiger partial charge in [0, 0.05) is 18.5 Å². The minimum absolute atomic E-state index is 0.183. The highest BCUT2D eigenvalue weighted by atomic mass is 16.5. The molecule has 114 valence electrons. The summed E-state index contributed by atoms with van der Waals surface area (Å²) in [5, 5.41) is 3.04.